The van der Waals surface area contributed by atoms with Crippen LogP contribution in [0, 0.1) is 27.7 Å². The second kappa shape index (κ2) is 8.31. The molecule has 2 aromatic carbocycles. The molecule has 6 nitrogen and oxygen atoms in total. The van der Waals surface area contributed by atoms with E-state index in [9.17, 15) is 13.2 Å². The Bertz CT molecular complexity index is 1170. The number of nitrogens with zero attached hydrogens (tertiary/aromatic N) is 2. The molecule has 0 radical (unpaired) electrons. The summed E-state index contributed by atoms with van der Waals surface area (Å²) in [7, 11) is -3.11. The van der Waals surface area contributed by atoms with Crippen molar-refractivity contribution < 1.29 is 13.2 Å². The summed E-state index contributed by atoms with van der Waals surface area (Å²) in [6.45, 7) is 8.04. The van der Waals surface area contributed by atoms with Crippen LogP contribution in [-0.2, 0) is 14.6 Å². The summed E-state index contributed by atoms with van der Waals surface area (Å²) in [6, 6.07) is 11.5. The Morgan fingerprint density at radius 2 is 1.90 bits per heavy atom. The molecular weight excluding hydrogens is 430 g/mol. The minimum atomic E-state index is -3.11. The predicted molar refractivity (Wildman–Crippen MR) is 129 cm³/mol. The van der Waals surface area contributed by atoms with Crippen LogP contribution in [0.1, 0.15) is 22.3 Å². The van der Waals surface area contributed by atoms with Crippen molar-refractivity contribution >= 4 is 44.0 Å². The zero-order valence-corrected chi connectivity index (χ0v) is 19.8. The number of hydrogen-bond acceptors (Lipinski definition) is 6. The Hall–Kier alpha value is -2.32. The largest absolute Gasteiger partial charge is 0.325 e. The van der Waals surface area contributed by atoms with Crippen LogP contribution in [0.15, 0.2) is 41.4 Å². The van der Waals surface area contributed by atoms with E-state index in [1.807, 2.05) is 62.9 Å². The molecule has 0 spiro atoms. The smallest absolute Gasteiger partial charge is 0.234 e. The Kier molecular flexibility index (Phi) is 5.87. The highest BCUT2D eigenvalue weighted by Gasteiger charge is 2.47. The molecule has 2 aliphatic rings. The lowest BCUT2D eigenvalue weighted by molar-refractivity contribution is -0.113. The van der Waals surface area contributed by atoms with E-state index in [1.54, 1.807) is 0 Å². The molecule has 31 heavy (non-hydrogen) atoms. The van der Waals surface area contributed by atoms with E-state index in [0.717, 1.165) is 38.8 Å². The van der Waals surface area contributed by atoms with Crippen molar-refractivity contribution in [1.29, 1.82) is 0 Å². The van der Waals surface area contributed by atoms with E-state index in [2.05, 4.69) is 11.4 Å². The number of rotatable bonds is 4. The van der Waals surface area contributed by atoms with Crippen molar-refractivity contribution in [1.82, 2.24) is 0 Å². The maximum atomic E-state index is 12.6. The summed E-state index contributed by atoms with van der Waals surface area (Å²) in [4.78, 5) is 19.4. The van der Waals surface area contributed by atoms with Crippen LogP contribution in [-0.4, -0.2) is 48.8 Å². The normalized spacial score (nSPS) is 21.7. The number of thioether (sulfide) groups is 1. The van der Waals surface area contributed by atoms with Gasteiger partial charge in [-0.15, -0.1) is 0 Å². The molecule has 0 aliphatic carbocycles. The number of sulfone groups is 1. The number of amidine groups is 1. The Morgan fingerprint density at radius 1 is 1.13 bits per heavy atom. The molecule has 0 saturated carbocycles. The highest BCUT2D eigenvalue weighted by Crippen LogP contribution is 2.37. The predicted octanol–water partition coefficient (Wildman–Crippen LogP) is 3.63. The third-order valence-electron chi connectivity index (χ3n) is 5.94. The number of aliphatic imine (C=N–C) groups is 1. The first-order valence-corrected chi connectivity index (χ1v) is 13.1. The van der Waals surface area contributed by atoms with Gasteiger partial charge in [-0.25, -0.2) is 8.42 Å². The molecule has 1 amide bonds. The van der Waals surface area contributed by atoms with Gasteiger partial charge in [-0.1, -0.05) is 36.0 Å². The Morgan fingerprint density at radius 3 is 2.68 bits per heavy atom. The molecule has 2 aliphatic heterocycles. The maximum Gasteiger partial charge on any atom is 0.234 e. The van der Waals surface area contributed by atoms with Gasteiger partial charge >= 0.3 is 0 Å². The first kappa shape index (κ1) is 21.9. The molecule has 4 rings (SSSR count). The van der Waals surface area contributed by atoms with E-state index < -0.39 is 9.84 Å². The Labute approximate surface area is 188 Å². The van der Waals surface area contributed by atoms with Crippen LogP contribution in [0.3, 0.4) is 0 Å². The number of amides is 1. The Balaban J connectivity index is 1.55. The van der Waals surface area contributed by atoms with E-state index in [-0.39, 0.29) is 35.2 Å². The van der Waals surface area contributed by atoms with Gasteiger partial charge in [-0.2, -0.15) is 0 Å². The molecule has 2 heterocycles. The summed E-state index contributed by atoms with van der Waals surface area (Å²) < 4.78 is 24.5. The van der Waals surface area contributed by atoms with Crippen LogP contribution >= 0.6 is 11.8 Å². The molecule has 2 aromatic rings. The molecule has 1 saturated heterocycles. The third-order valence-corrected chi connectivity index (χ3v) is 8.61. The molecule has 2 unspecified atom stereocenters. The zero-order valence-electron chi connectivity index (χ0n) is 18.2. The molecule has 0 aromatic heterocycles. The minimum Gasteiger partial charge on any atom is -0.325 e. The van der Waals surface area contributed by atoms with Crippen LogP contribution < -0.4 is 10.2 Å². The first-order valence-electron chi connectivity index (χ1n) is 10.3. The number of anilines is 2. The number of nitrogens with one attached hydrogen (secondary N) is 1. The number of benzene rings is 2. The second-order valence-electron chi connectivity index (χ2n) is 8.37. The maximum absolute atomic E-state index is 12.6. The molecule has 2 atom stereocenters. The van der Waals surface area contributed by atoms with Crippen molar-refractivity contribution in [2.45, 2.75) is 39.8 Å². The molecule has 1 fully saturated rings. The van der Waals surface area contributed by atoms with Gasteiger partial charge in [0.2, 0.25) is 5.91 Å². The standard InChI is InChI=1S/C23H27N3O3S2/c1-14-8-9-16(3)20(10-14)26-21-13-31(28,29)12-19(21)25-23(26)30-11-22(27)24-18-7-5-6-15(2)17(18)4/h5-10,19,21H,11-13H2,1-4H3,(H,24,27). The molecule has 0 bridgehead atoms. The fourth-order valence-corrected chi connectivity index (χ4v) is 6.86. The van der Waals surface area contributed by atoms with Gasteiger partial charge in [0, 0.05) is 11.4 Å². The SMILES string of the molecule is Cc1ccc(C)c(N2C(SCC(=O)Nc3cccc(C)c3C)=NC3CS(=O)(=O)CC32)c1. The monoisotopic (exact) mass is 457 g/mol. The summed E-state index contributed by atoms with van der Waals surface area (Å²) in [5, 5.41) is 3.70. The number of carbonyl (C=O) groups is 1. The second-order valence-corrected chi connectivity index (χ2v) is 11.5. The highest BCUT2D eigenvalue weighted by atomic mass is 32.2. The average Bonchev–Trinajstić information content (AvgIpc) is 3.17. The highest BCUT2D eigenvalue weighted by molar-refractivity contribution is 8.14. The lowest BCUT2D eigenvalue weighted by Crippen LogP contribution is -2.40. The lowest BCUT2D eigenvalue weighted by atomic mass is 10.1. The van der Waals surface area contributed by atoms with Crippen LogP contribution in [0.5, 0.6) is 0 Å². The van der Waals surface area contributed by atoms with Gasteiger partial charge in [0.25, 0.3) is 0 Å². The van der Waals surface area contributed by atoms with Crippen LogP contribution in [0.25, 0.3) is 0 Å². The van der Waals surface area contributed by atoms with E-state index >= 15 is 0 Å². The van der Waals surface area contributed by atoms with Gasteiger partial charge in [0.1, 0.15) is 0 Å². The average molecular weight is 458 g/mol. The number of hydrogen-bond donors (Lipinski definition) is 1. The van der Waals surface area contributed by atoms with Gasteiger partial charge < -0.3 is 10.2 Å². The fraction of sp³-hybridized carbons (Fsp3) is 0.391. The van der Waals surface area contributed by atoms with Crippen molar-refractivity contribution in [3.8, 4) is 0 Å². The van der Waals surface area contributed by atoms with Gasteiger partial charge in [-0.05, 0) is 62.1 Å². The van der Waals surface area contributed by atoms with Crippen molar-refractivity contribution in [3.63, 3.8) is 0 Å². The van der Waals surface area contributed by atoms with Gasteiger partial charge in [-0.3, -0.25) is 9.79 Å². The third kappa shape index (κ3) is 4.50. The summed E-state index contributed by atoms with van der Waals surface area (Å²) in [5.74, 6) is 0.261. The molecular formula is C23H27N3O3S2. The molecule has 8 heteroatoms. The number of carbonyl (C=O) groups excluding carboxylic acids is 1. The zero-order chi connectivity index (χ0) is 22.3. The van der Waals surface area contributed by atoms with Crippen LogP contribution in [0.4, 0.5) is 11.4 Å². The van der Waals surface area contributed by atoms with Crippen molar-refractivity contribution in [2.75, 3.05) is 27.5 Å². The molecule has 164 valence electrons. The fourth-order valence-electron chi connectivity index (χ4n) is 4.10. The minimum absolute atomic E-state index is 0.0672. The molecule has 1 N–H and O–H groups in total. The van der Waals surface area contributed by atoms with E-state index in [1.165, 1.54) is 11.8 Å². The van der Waals surface area contributed by atoms with Gasteiger partial charge in [0.05, 0.1) is 29.3 Å². The summed E-state index contributed by atoms with van der Waals surface area (Å²) in [6.07, 6.45) is 0. The lowest BCUT2D eigenvalue weighted by Gasteiger charge is -2.28. The van der Waals surface area contributed by atoms with E-state index in [4.69, 9.17) is 4.99 Å². The summed E-state index contributed by atoms with van der Waals surface area (Å²) >= 11 is 1.36. The van der Waals surface area contributed by atoms with Crippen molar-refractivity contribution in [2.24, 2.45) is 4.99 Å². The topological polar surface area (TPSA) is 78.8 Å². The first-order chi connectivity index (χ1) is 14.6. The van der Waals surface area contributed by atoms with Gasteiger partial charge in [0.15, 0.2) is 15.0 Å². The number of aryl methyl sites for hydroxylation is 3. The van der Waals surface area contributed by atoms with Crippen LogP contribution in [0.2, 0.25) is 0 Å². The summed E-state index contributed by atoms with van der Waals surface area (Å²) in [5.41, 5.74) is 6.11. The van der Waals surface area contributed by atoms with E-state index in [0.29, 0.717) is 0 Å². The quantitative estimate of drug-likeness (QED) is 0.758. The number of fused-ring (bicyclic) bond motifs is 1. The van der Waals surface area contributed by atoms with Crippen molar-refractivity contribution in [3.05, 3.63) is 58.7 Å².